The van der Waals surface area contributed by atoms with Gasteiger partial charge in [-0.2, -0.15) is 13.2 Å². The van der Waals surface area contributed by atoms with Crippen molar-refractivity contribution in [3.05, 3.63) is 65.0 Å². The van der Waals surface area contributed by atoms with E-state index in [1.807, 2.05) is 6.07 Å². The summed E-state index contributed by atoms with van der Waals surface area (Å²) in [7, 11) is -3.25. The van der Waals surface area contributed by atoms with Crippen LogP contribution in [0.25, 0.3) is 0 Å². The molecular formula is C20H21F3N2O3S. The fraction of sp³-hybridized carbons (Fsp3) is 0.400. The first-order valence-corrected chi connectivity index (χ1v) is 11.2. The molecule has 0 spiro atoms. The van der Waals surface area contributed by atoms with Gasteiger partial charge < -0.3 is 4.90 Å². The highest BCUT2D eigenvalue weighted by Crippen LogP contribution is 2.35. The largest absolute Gasteiger partial charge is 0.406 e. The number of halogens is 3. The molecule has 3 rings (SSSR count). The number of hydrogen-bond acceptors (Lipinski definition) is 4. The number of aromatic nitrogens is 1. The van der Waals surface area contributed by atoms with E-state index in [0.717, 1.165) is 16.7 Å². The smallest absolute Gasteiger partial charge is 0.321 e. The Morgan fingerprint density at radius 3 is 2.52 bits per heavy atom. The maximum absolute atomic E-state index is 13.3. The van der Waals surface area contributed by atoms with E-state index in [4.69, 9.17) is 0 Å². The molecule has 1 heterocycles. The SMILES string of the molecule is CS(=O)(=O)Cc1ccc(C(=O)N(CC(F)(F)F)[C@@H]2CCCc3cccnc32)cc1. The van der Waals surface area contributed by atoms with E-state index in [-0.39, 0.29) is 11.3 Å². The highest BCUT2D eigenvalue weighted by molar-refractivity contribution is 7.89. The Balaban J connectivity index is 1.93. The van der Waals surface area contributed by atoms with E-state index >= 15 is 0 Å². The van der Waals surface area contributed by atoms with Crippen LogP contribution in [0.5, 0.6) is 0 Å². The lowest BCUT2D eigenvalue weighted by molar-refractivity contribution is -0.145. The summed E-state index contributed by atoms with van der Waals surface area (Å²) in [6.07, 6.45) is -0.166. The number of sulfone groups is 1. The van der Waals surface area contributed by atoms with Crippen LogP contribution in [-0.2, 0) is 22.0 Å². The zero-order valence-corrected chi connectivity index (χ0v) is 16.6. The van der Waals surface area contributed by atoms with Gasteiger partial charge in [0.25, 0.3) is 5.91 Å². The Labute approximate surface area is 167 Å². The third kappa shape index (κ3) is 5.56. The van der Waals surface area contributed by atoms with Crippen LogP contribution in [0.1, 0.15) is 46.1 Å². The second-order valence-electron chi connectivity index (χ2n) is 7.27. The maximum atomic E-state index is 13.3. The minimum absolute atomic E-state index is 0.0783. The number of pyridine rings is 1. The summed E-state index contributed by atoms with van der Waals surface area (Å²) in [5.41, 5.74) is 1.91. The van der Waals surface area contributed by atoms with Crippen molar-refractivity contribution < 1.29 is 26.4 Å². The van der Waals surface area contributed by atoms with E-state index in [1.54, 1.807) is 6.07 Å². The topological polar surface area (TPSA) is 67.3 Å². The third-order valence-electron chi connectivity index (χ3n) is 4.78. The van der Waals surface area contributed by atoms with Gasteiger partial charge in [0.2, 0.25) is 0 Å². The highest BCUT2D eigenvalue weighted by atomic mass is 32.2. The molecule has 1 aliphatic carbocycles. The lowest BCUT2D eigenvalue weighted by Gasteiger charge is -2.35. The number of alkyl halides is 3. The molecule has 0 saturated heterocycles. The minimum atomic E-state index is -4.56. The summed E-state index contributed by atoms with van der Waals surface area (Å²) >= 11 is 0. The van der Waals surface area contributed by atoms with Gasteiger partial charge in [-0.25, -0.2) is 8.42 Å². The van der Waals surface area contributed by atoms with E-state index in [9.17, 15) is 26.4 Å². The Hall–Kier alpha value is -2.42. The van der Waals surface area contributed by atoms with Gasteiger partial charge in [0.05, 0.1) is 17.5 Å². The second kappa shape index (κ2) is 8.14. The molecule has 156 valence electrons. The minimum Gasteiger partial charge on any atom is -0.321 e. The van der Waals surface area contributed by atoms with Gasteiger partial charge in [-0.3, -0.25) is 9.78 Å². The van der Waals surface area contributed by atoms with Crippen LogP contribution in [0.3, 0.4) is 0 Å². The molecule has 0 N–H and O–H groups in total. The number of carbonyl (C=O) groups excluding carboxylic acids is 1. The first kappa shape index (κ1) is 21.3. The van der Waals surface area contributed by atoms with Crippen LogP contribution < -0.4 is 0 Å². The molecule has 0 fully saturated rings. The summed E-state index contributed by atoms with van der Waals surface area (Å²) in [6, 6.07) is 8.44. The van der Waals surface area contributed by atoms with Gasteiger partial charge in [0, 0.05) is 18.0 Å². The van der Waals surface area contributed by atoms with Gasteiger partial charge in [-0.1, -0.05) is 18.2 Å². The number of fused-ring (bicyclic) bond motifs is 1. The van der Waals surface area contributed by atoms with Crippen molar-refractivity contribution in [2.24, 2.45) is 0 Å². The van der Waals surface area contributed by atoms with Gasteiger partial charge >= 0.3 is 6.18 Å². The number of amides is 1. The lowest BCUT2D eigenvalue weighted by Crippen LogP contribution is -2.43. The Bertz CT molecular complexity index is 989. The third-order valence-corrected chi connectivity index (χ3v) is 5.64. The molecule has 29 heavy (non-hydrogen) atoms. The van der Waals surface area contributed by atoms with E-state index in [0.29, 0.717) is 30.5 Å². The van der Waals surface area contributed by atoms with Crippen LogP contribution in [0.2, 0.25) is 0 Å². The van der Waals surface area contributed by atoms with Crippen LogP contribution in [0.4, 0.5) is 13.2 Å². The van der Waals surface area contributed by atoms with Crippen molar-refractivity contribution in [2.45, 2.75) is 37.2 Å². The zero-order valence-electron chi connectivity index (χ0n) is 15.8. The number of nitrogens with zero attached hydrogens (tertiary/aromatic N) is 2. The average molecular weight is 426 g/mol. The van der Waals surface area contributed by atoms with E-state index in [1.165, 1.54) is 30.5 Å². The monoisotopic (exact) mass is 426 g/mol. The van der Waals surface area contributed by atoms with Gasteiger partial charge in [-0.15, -0.1) is 0 Å². The Morgan fingerprint density at radius 2 is 1.90 bits per heavy atom. The normalized spacial score (nSPS) is 16.9. The number of aryl methyl sites for hydroxylation is 1. The van der Waals surface area contributed by atoms with Crippen LogP contribution in [0.15, 0.2) is 42.6 Å². The highest BCUT2D eigenvalue weighted by Gasteiger charge is 2.39. The molecular weight excluding hydrogens is 405 g/mol. The molecule has 2 aromatic rings. The van der Waals surface area contributed by atoms with Crippen molar-refractivity contribution in [2.75, 3.05) is 12.8 Å². The fourth-order valence-corrected chi connectivity index (χ4v) is 4.42. The van der Waals surface area contributed by atoms with Crippen molar-refractivity contribution in [3.8, 4) is 0 Å². The summed E-state index contributed by atoms with van der Waals surface area (Å²) in [5.74, 6) is -0.954. The van der Waals surface area contributed by atoms with Crippen molar-refractivity contribution in [1.29, 1.82) is 0 Å². The van der Waals surface area contributed by atoms with E-state index < -0.39 is 34.5 Å². The van der Waals surface area contributed by atoms with Gasteiger partial charge in [-0.05, 0) is 48.6 Å². The number of hydrogen-bond donors (Lipinski definition) is 0. The van der Waals surface area contributed by atoms with Crippen molar-refractivity contribution in [1.82, 2.24) is 9.88 Å². The molecule has 9 heteroatoms. The standard InChI is InChI=1S/C20H21F3N2O3S/c1-29(27,28)12-14-7-9-16(10-8-14)19(26)25(13-20(21,22)23)17-6-2-4-15-5-3-11-24-18(15)17/h3,5,7-11,17H,2,4,6,12-13H2,1H3/t17-/m1/s1. The van der Waals surface area contributed by atoms with Crippen LogP contribution >= 0.6 is 0 Å². The molecule has 0 bridgehead atoms. The molecule has 1 aliphatic rings. The molecule has 1 aromatic carbocycles. The molecule has 1 atom stereocenters. The quantitative estimate of drug-likeness (QED) is 0.731. The molecule has 0 saturated carbocycles. The van der Waals surface area contributed by atoms with Crippen LogP contribution in [-0.4, -0.2) is 43.2 Å². The fourth-order valence-electron chi connectivity index (χ4n) is 3.62. The average Bonchev–Trinajstić information content (AvgIpc) is 2.64. The lowest BCUT2D eigenvalue weighted by atomic mass is 9.90. The molecule has 5 nitrogen and oxygen atoms in total. The summed E-state index contributed by atoms with van der Waals surface area (Å²) < 4.78 is 62.6. The summed E-state index contributed by atoms with van der Waals surface area (Å²) in [6.45, 7) is -1.38. The van der Waals surface area contributed by atoms with Crippen LogP contribution in [0, 0.1) is 0 Å². The molecule has 1 amide bonds. The Morgan fingerprint density at radius 1 is 1.21 bits per heavy atom. The molecule has 0 unspecified atom stereocenters. The van der Waals surface area contributed by atoms with Crippen molar-refractivity contribution in [3.63, 3.8) is 0 Å². The number of carbonyl (C=O) groups is 1. The molecule has 0 aliphatic heterocycles. The number of benzene rings is 1. The van der Waals surface area contributed by atoms with Gasteiger partial charge in [0.1, 0.15) is 6.54 Å². The first-order valence-electron chi connectivity index (χ1n) is 9.12. The number of rotatable bonds is 5. The first-order chi connectivity index (χ1) is 13.5. The Kier molecular flexibility index (Phi) is 5.97. The van der Waals surface area contributed by atoms with Gasteiger partial charge in [0.15, 0.2) is 9.84 Å². The summed E-state index contributed by atoms with van der Waals surface area (Å²) in [4.78, 5) is 18.1. The predicted octanol–water partition coefficient (Wildman–Crippen LogP) is 3.71. The maximum Gasteiger partial charge on any atom is 0.406 e. The zero-order chi connectivity index (χ0) is 21.2. The molecule has 0 radical (unpaired) electrons. The van der Waals surface area contributed by atoms with Crippen molar-refractivity contribution >= 4 is 15.7 Å². The second-order valence-corrected chi connectivity index (χ2v) is 9.41. The predicted molar refractivity (Wildman–Crippen MR) is 102 cm³/mol. The van der Waals surface area contributed by atoms with E-state index in [2.05, 4.69) is 4.98 Å². The molecule has 1 aromatic heterocycles. The summed E-state index contributed by atoms with van der Waals surface area (Å²) in [5, 5.41) is 0.